The summed E-state index contributed by atoms with van der Waals surface area (Å²) in [6.07, 6.45) is -0.309. The van der Waals surface area contributed by atoms with E-state index in [1.54, 1.807) is 90.9 Å². The molecule has 2 saturated heterocycles. The molecule has 2 fully saturated rings. The summed E-state index contributed by atoms with van der Waals surface area (Å²) in [5, 5.41) is 18.3. The number of nitrogens with zero attached hydrogens (tertiary/aromatic N) is 5. The van der Waals surface area contributed by atoms with Crippen LogP contribution >= 0.6 is 11.8 Å². The van der Waals surface area contributed by atoms with Crippen molar-refractivity contribution in [2.45, 2.75) is 51.4 Å². The molecule has 0 bridgehead atoms. The Bertz CT molecular complexity index is 1300. The lowest BCUT2D eigenvalue weighted by molar-refractivity contribution is -0.134. The zero-order chi connectivity index (χ0) is 28.2. The average molecular weight is 546 g/mol. The number of carbonyl (C=O) groups is 3. The number of ether oxygens (including phenoxy) is 1. The molecule has 10 heteroatoms. The summed E-state index contributed by atoms with van der Waals surface area (Å²) in [6, 6.07) is 16.3. The molecular formula is C29H31N5O4S. The van der Waals surface area contributed by atoms with Gasteiger partial charge in [0.05, 0.1) is 35.2 Å². The van der Waals surface area contributed by atoms with Crippen LogP contribution in [0.1, 0.15) is 54.2 Å². The van der Waals surface area contributed by atoms with E-state index in [2.05, 4.69) is 12.1 Å². The fourth-order valence-electron chi connectivity index (χ4n) is 4.70. The summed E-state index contributed by atoms with van der Waals surface area (Å²) in [5.74, 6) is 0.998. The third-order valence-electron chi connectivity index (χ3n) is 6.65. The summed E-state index contributed by atoms with van der Waals surface area (Å²) < 4.78 is 5.65. The maximum atomic E-state index is 13.9. The van der Waals surface area contributed by atoms with Crippen molar-refractivity contribution in [2.24, 2.45) is 0 Å². The molecule has 3 amide bonds. The highest BCUT2D eigenvalue weighted by atomic mass is 32.2. The van der Waals surface area contributed by atoms with Crippen LogP contribution in [0.5, 0.6) is 0 Å². The van der Waals surface area contributed by atoms with E-state index in [4.69, 9.17) is 10.00 Å². The zero-order valence-electron chi connectivity index (χ0n) is 22.3. The minimum Gasteiger partial charge on any atom is -0.444 e. The van der Waals surface area contributed by atoms with Crippen molar-refractivity contribution in [3.63, 3.8) is 0 Å². The number of benzene rings is 2. The smallest absolute Gasteiger partial charge is 0.411 e. The number of hydrogen-bond donors (Lipinski definition) is 0. The molecule has 0 saturated carbocycles. The molecule has 202 valence electrons. The molecule has 2 aliphatic heterocycles. The zero-order valence-corrected chi connectivity index (χ0v) is 23.1. The van der Waals surface area contributed by atoms with Crippen LogP contribution in [0.3, 0.4) is 0 Å². The van der Waals surface area contributed by atoms with Gasteiger partial charge in [-0.3, -0.25) is 14.5 Å². The number of carbonyl (C=O) groups excluding carboxylic acids is 3. The van der Waals surface area contributed by atoms with Gasteiger partial charge in [-0.25, -0.2) is 4.79 Å². The standard InChI is InChI=1S/C29H31N5O4S/c1-29(2,3)38-28(37)34-18-24(14-25(34)27(36)32-12-13-39-19-32)33(17-22-6-4-20(15-30)5-7-22)26(35)23-10-8-21(16-31)9-11-23/h4-11,24-25H,12-14,17-19H2,1-3H3/t24-,25-/m0/s1. The van der Waals surface area contributed by atoms with Gasteiger partial charge < -0.3 is 14.5 Å². The third kappa shape index (κ3) is 6.71. The number of rotatable bonds is 5. The van der Waals surface area contributed by atoms with Crippen molar-refractivity contribution in [1.29, 1.82) is 10.5 Å². The maximum absolute atomic E-state index is 13.9. The van der Waals surface area contributed by atoms with Crippen LogP contribution in [0.4, 0.5) is 4.79 Å². The van der Waals surface area contributed by atoms with Crippen molar-refractivity contribution in [3.05, 3.63) is 70.8 Å². The van der Waals surface area contributed by atoms with Crippen molar-refractivity contribution in [3.8, 4) is 12.1 Å². The Hall–Kier alpha value is -4.02. The van der Waals surface area contributed by atoms with Gasteiger partial charge in [-0.2, -0.15) is 10.5 Å². The highest BCUT2D eigenvalue weighted by molar-refractivity contribution is 7.99. The van der Waals surface area contributed by atoms with E-state index in [9.17, 15) is 19.6 Å². The molecule has 2 aromatic carbocycles. The second-order valence-corrected chi connectivity index (χ2v) is 11.7. The second-order valence-electron chi connectivity index (χ2n) is 10.6. The lowest BCUT2D eigenvalue weighted by Crippen LogP contribution is -2.48. The summed E-state index contributed by atoms with van der Waals surface area (Å²) in [6.45, 7) is 6.31. The van der Waals surface area contributed by atoms with Crippen LogP contribution < -0.4 is 0 Å². The van der Waals surface area contributed by atoms with Crippen molar-refractivity contribution in [1.82, 2.24) is 14.7 Å². The van der Waals surface area contributed by atoms with Crippen LogP contribution in [0, 0.1) is 22.7 Å². The fraction of sp³-hybridized carbons (Fsp3) is 0.414. The first-order valence-electron chi connectivity index (χ1n) is 12.8. The molecule has 9 nitrogen and oxygen atoms in total. The third-order valence-corrected chi connectivity index (χ3v) is 7.62. The SMILES string of the molecule is CC(C)(C)OC(=O)N1C[C@@H](N(Cc2ccc(C#N)cc2)C(=O)c2ccc(C#N)cc2)C[C@H]1C(=O)N1CCSC1. The predicted molar refractivity (Wildman–Crippen MR) is 146 cm³/mol. The van der Waals surface area contributed by atoms with Crippen LogP contribution in [-0.2, 0) is 16.1 Å². The van der Waals surface area contributed by atoms with Gasteiger partial charge in [0, 0.05) is 31.0 Å². The van der Waals surface area contributed by atoms with E-state index in [-0.39, 0.29) is 31.3 Å². The molecule has 0 aromatic heterocycles. The average Bonchev–Trinajstić information content (AvgIpc) is 3.61. The van der Waals surface area contributed by atoms with Crippen molar-refractivity contribution >= 4 is 29.7 Å². The van der Waals surface area contributed by atoms with E-state index in [0.717, 1.165) is 11.3 Å². The van der Waals surface area contributed by atoms with Crippen LogP contribution in [-0.4, -0.2) is 75.0 Å². The van der Waals surface area contributed by atoms with Gasteiger partial charge in [0.2, 0.25) is 5.91 Å². The summed E-state index contributed by atoms with van der Waals surface area (Å²) >= 11 is 1.67. The molecule has 2 aromatic rings. The van der Waals surface area contributed by atoms with Gasteiger partial charge in [0.15, 0.2) is 0 Å². The van der Waals surface area contributed by atoms with Gasteiger partial charge >= 0.3 is 6.09 Å². The topological polar surface area (TPSA) is 118 Å². The number of likely N-dealkylation sites (tertiary alicyclic amines) is 1. The summed E-state index contributed by atoms with van der Waals surface area (Å²) in [7, 11) is 0. The van der Waals surface area contributed by atoms with E-state index >= 15 is 0 Å². The molecule has 0 radical (unpaired) electrons. The lowest BCUT2D eigenvalue weighted by atomic mass is 10.0. The van der Waals surface area contributed by atoms with E-state index in [1.807, 2.05) is 0 Å². The quantitative estimate of drug-likeness (QED) is 0.558. The first-order chi connectivity index (χ1) is 18.6. The number of thioether (sulfide) groups is 1. The predicted octanol–water partition coefficient (Wildman–Crippen LogP) is 3.98. The molecule has 0 spiro atoms. The molecule has 4 rings (SSSR count). The minimum absolute atomic E-state index is 0.141. The molecule has 2 aliphatic rings. The molecule has 2 heterocycles. The highest BCUT2D eigenvalue weighted by Gasteiger charge is 2.46. The maximum Gasteiger partial charge on any atom is 0.411 e. The largest absolute Gasteiger partial charge is 0.444 e. The van der Waals surface area contributed by atoms with E-state index in [0.29, 0.717) is 29.1 Å². The second kappa shape index (κ2) is 11.8. The van der Waals surface area contributed by atoms with Crippen molar-refractivity contribution < 1.29 is 19.1 Å². The molecular weight excluding hydrogens is 514 g/mol. The first-order valence-corrected chi connectivity index (χ1v) is 13.9. The molecule has 0 N–H and O–H groups in total. The van der Waals surface area contributed by atoms with E-state index in [1.165, 1.54) is 4.90 Å². The monoisotopic (exact) mass is 545 g/mol. The molecule has 2 atom stereocenters. The molecule has 0 unspecified atom stereocenters. The summed E-state index contributed by atoms with van der Waals surface area (Å²) in [5.41, 5.74) is 1.42. The van der Waals surface area contributed by atoms with E-state index < -0.39 is 23.8 Å². The Balaban J connectivity index is 1.67. The Morgan fingerprint density at radius 3 is 2.18 bits per heavy atom. The van der Waals surface area contributed by atoms with Crippen molar-refractivity contribution in [2.75, 3.05) is 24.7 Å². The van der Waals surface area contributed by atoms with Gasteiger partial charge in [0.25, 0.3) is 5.91 Å². The van der Waals surface area contributed by atoms with Crippen LogP contribution in [0.25, 0.3) is 0 Å². The summed E-state index contributed by atoms with van der Waals surface area (Å²) in [4.78, 5) is 45.5. The first kappa shape index (κ1) is 28.0. The minimum atomic E-state index is -0.749. The van der Waals surface area contributed by atoms with Crippen LogP contribution in [0.15, 0.2) is 48.5 Å². The van der Waals surface area contributed by atoms with Gasteiger partial charge in [-0.1, -0.05) is 12.1 Å². The Morgan fingerprint density at radius 1 is 1.03 bits per heavy atom. The lowest BCUT2D eigenvalue weighted by Gasteiger charge is -2.30. The van der Waals surface area contributed by atoms with Gasteiger partial charge in [0.1, 0.15) is 11.6 Å². The molecule has 0 aliphatic carbocycles. The van der Waals surface area contributed by atoms with Gasteiger partial charge in [-0.15, -0.1) is 11.8 Å². The Labute approximate surface area is 232 Å². The Morgan fingerprint density at radius 2 is 1.64 bits per heavy atom. The Kier molecular flexibility index (Phi) is 8.47. The van der Waals surface area contributed by atoms with Crippen LogP contribution in [0.2, 0.25) is 0 Å². The molecule has 39 heavy (non-hydrogen) atoms. The fourth-order valence-corrected chi connectivity index (χ4v) is 5.65. The number of hydrogen-bond acceptors (Lipinski definition) is 7. The normalized spacial score (nSPS) is 18.8. The number of amides is 3. The number of nitriles is 2. The van der Waals surface area contributed by atoms with Gasteiger partial charge in [-0.05, 0) is 69.2 Å². The highest BCUT2D eigenvalue weighted by Crippen LogP contribution is 2.30.